The van der Waals surface area contributed by atoms with Crippen LogP contribution in [0.4, 0.5) is 5.95 Å². The van der Waals surface area contributed by atoms with Gasteiger partial charge in [-0.15, -0.1) is 0 Å². The molecule has 4 N–H and O–H groups in total. The fourth-order valence-electron chi connectivity index (χ4n) is 2.09. The highest BCUT2D eigenvalue weighted by molar-refractivity contribution is 5.74. The van der Waals surface area contributed by atoms with Crippen molar-refractivity contribution in [1.29, 1.82) is 0 Å². The zero-order valence-corrected chi connectivity index (χ0v) is 12.0. The maximum absolute atomic E-state index is 12.0. The SMILES string of the molecule is C[C@H](O)Cn1c(NCCCO)nc2c1c(=O)[nH]c(=O)n2C. The summed E-state index contributed by atoms with van der Waals surface area (Å²) in [6, 6.07) is 0. The van der Waals surface area contributed by atoms with Gasteiger partial charge in [0.05, 0.1) is 12.6 Å². The van der Waals surface area contributed by atoms with E-state index in [9.17, 15) is 14.7 Å². The van der Waals surface area contributed by atoms with E-state index in [1.807, 2.05) is 0 Å². The van der Waals surface area contributed by atoms with Crippen LogP contribution < -0.4 is 16.6 Å². The Morgan fingerprint density at radius 2 is 2.14 bits per heavy atom. The summed E-state index contributed by atoms with van der Waals surface area (Å²) in [7, 11) is 1.51. The molecule has 0 spiro atoms. The van der Waals surface area contributed by atoms with Crippen LogP contribution in [0.15, 0.2) is 9.59 Å². The van der Waals surface area contributed by atoms with E-state index < -0.39 is 17.4 Å². The highest BCUT2D eigenvalue weighted by atomic mass is 16.3. The molecule has 2 rings (SSSR count). The van der Waals surface area contributed by atoms with Crippen LogP contribution in [0, 0.1) is 0 Å². The summed E-state index contributed by atoms with van der Waals surface area (Å²) < 4.78 is 2.78. The van der Waals surface area contributed by atoms with Crippen LogP contribution in [0.2, 0.25) is 0 Å². The number of aliphatic hydroxyl groups is 2. The minimum atomic E-state index is -0.683. The second-order valence-electron chi connectivity index (χ2n) is 4.89. The number of nitrogens with one attached hydrogen (secondary N) is 2. The second-order valence-corrected chi connectivity index (χ2v) is 4.89. The van der Waals surface area contributed by atoms with Gasteiger partial charge in [0.15, 0.2) is 11.2 Å². The summed E-state index contributed by atoms with van der Waals surface area (Å²) in [5.41, 5.74) is -0.618. The largest absolute Gasteiger partial charge is 0.396 e. The minimum absolute atomic E-state index is 0.0305. The van der Waals surface area contributed by atoms with Gasteiger partial charge in [-0.25, -0.2) is 4.79 Å². The Morgan fingerprint density at radius 3 is 2.76 bits per heavy atom. The molecule has 2 aromatic rings. The molecule has 0 unspecified atom stereocenters. The average molecular weight is 297 g/mol. The molecule has 0 radical (unpaired) electrons. The van der Waals surface area contributed by atoms with Gasteiger partial charge in [-0.3, -0.25) is 14.3 Å². The van der Waals surface area contributed by atoms with Gasteiger partial charge in [-0.1, -0.05) is 0 Å². The number of aromatic nitrogens is 4. The van der Waals surface area contributed by atoms with E-state index in [-0.39, 0.29) is 24.3 Å². The first kappa shape index (κ1) is 15.3. The van der Waals surface area contributed by atoms with Crippen molar-refractivity contribution in [3.63, 3.8) is 0 Å². The lowest BCUT2D eigenvalue weighted by Crippen LogP contribution is -2.29. The first-order valence-corrected chi connectivity index (χ1v) is 6.68. The predicted octanol–water partition coefficient (Wildman–Crippen LogP) is -1.40. The number of fused-ring (bicyclic) bond motifs is 1. The van der Waals surface area contributed by atoms with Crippen molar-refractivity contribution >= 4 is 17.1 Å². The maximum atomic E-state index is 12.0. The van der Waals surface area contributed by atoms with Crippen molar-refractivity contribution in [3.05, 3.63) is 20.8 Å². The average Bonchev–Trinajstić information content (AvgIpc) is 2.75. The third-order valence-electron chi connectivity index (χ3n) is 3.07. The van der Waals surface area contributed by atoms with Gasteiger partial charge in [-0.05, 0) is 13.3 Å². The Labute approximate surface area is 119 Å². The van der Waals surface area contributed by atoms with Gasteiger partial charge < -0.3 is 20.1 Å². The number of rotatable bonds is 6. The molecular formula is C12H19N5O4. The molecule has 0 saturated heterocycles. The van der Waals surface area contributed by atoms with E-state index in [1.54, 1.807) is 6.92 Å². The summed E-state index contributed by atoms with van der Waals surface area (Å²) in [6.07, 6.45) is -0.162. The molecule has 21 heavy (non-hydrogen) atoms. The van der Waals surface area contributed by atoms with Gasteiger partial charge in [-0.2, -0.15) is 4.98 Å². The van der Waals surface area contributed by atoms with E-state index >= 15 is 0 Å². The Kier molecular flexibility index (Phi) is 4.43. The monoisotopic (exact) mass is 297 g/mol. The lowest BCUT2D eigenvalue weighted by molar-refractivity contribution is 0.175. The van der Waals surface area contributed by atoms with Crippen molar-refractivity contribution in [2.45, 2.75) is 26.0 Å². The second kappa shape index (κ2) is 6.10. The Morgan fingerprint density at radius 1 is 1.43 bits per heavy atom. The lowest BCUT2D eigenvalue weighted by atomic mass is 10.4. The van der Waals surface area contributed by atoms with Crippen molar-refractivity contribution < 1.29 is 10.2 Å². The Balaban J connectivity index is 2.61. The molecule has 2 heterocycles. The Hall–Kier alpha value is -2.13. The predicted molar refractivity (Wildman–Crippen MR) is 77.5 cm³/mol. The summed E-state index contributed by atoms with van der Waals surface area (Å²) in [6.45, 7) is 2.26. The van der Waals surface area contributed by atoms with Crippen LogP contribution in [-0.4, -0.2) is 48.6 Å². The standard InChI is InChI=1S/C12H19N5O4/c1-7(19)6-17-8-9(14-11(17)13-4-3-5-18)16(2)12(21)15-10(8)20/h7,18-19H,3-6H2,1-2H3,(H,13,14)(H,15,20,21)/t7-/m0/s1. The molecule has 9 heteroatoms. The third-order valence-corrected chi connectivity index (χ3v) is 3.07. The van der Waals surface area contributed by atoms with E-state index in [2.05, 4.69) is 15.3 Å². The number of aliphatic hydroxyl groups excluding tert-OH is 2. The molecule has 0 aliphatic heterocycles. The first-order valence-electron chi connectivity index (χ1n) is 6.68. The fraction of sp³-hybridized carbons (Fsp3) is 0.583. The maximum Gasteiger partial charge on any atom is 0.329 e. The van der Waals surface area contributed by atoms with E-state index in [1.165, 1.54) is 16.2 Å². The molecule has 0 aliphatic carbocycles. The van der Waals surface area contributed by atoms with Gasteiger partial charge in [0.1, 0.15) is 0 Å². The zero-order valence-electron chi connectivity index (χ0n) is 12.0. The molecule has 0 fully saturated rings. The molecule has 116 valence electrons. The highest BCUT2D eigenvalue weighted by Gasteiger charge is 2.17. The van der Waals surface area contributed by atoms with Crippen molar-refractivity contribution in [1.82, 2.24) is 19.1 Å². The van der Waals surface area contributed by atoms with Crippen molar-refractivity contribution in [2.24, 2.45) is 7.05 Å². The number of aryl methyl sites for hydroxylation is 1. The normalized spacial score (nSPS) is 12.8. The third kappa shape index (κ3) is 2.98. The topological polar surface area (TPSA) is 125 Å². The van der Waals surface area contributed by atoms with Gasteiger partial charge >= 0.3 is 5.69 Å². The van der Waals surface area contributed by atoms with Crippen LogP contribution in [0.3, 0.4) is 0 Å². The van der Waals surface area contributed by atoms with Crippen LogP contribution in [0.25, 0.3) is 11.2 Å². The lowest BCUT2D eigenvalue weighted by Gasteiger charge is -2.11. The molecule has 0 aliphatic rings. The van der Waals surface area contributed by atoms with Crippen molar-refractivity contribution in [3.8, 4) is 0 Å². The number of nitrogens with zero attached hydrogens (tertiary/aromatic N) is 3. The highest BCUT2D eigenvalue weighted by Crippen LogP contribution is 2.15. The minimum Gasteiger partial charge on any atom is -0.396 e. The number of hydrogen-bond acceptors (Lipinski definition) is 6. The van der Waals surface area contributed by atoms with Crippen LogP contribution >= 0.6 is 0 Å². The summed E-state index contributed by atoms with van der Waals surface area (Å²) in [4.78, 5) is 30.1. The van der Waals surface area contributed by atoms with Crippen LogP contribution in [0.5, 0.6) is 0 Å². The zero-order chi connectivity index (χ0) is 15.6. The van der Waals surface area contributed by atoms with Crippen LogP contribution in [0.1, 0.15) is 13.3 Å². The molecule has 0 amide bonds. The van der Waals surface area contributed by atoms with Gasteiger partial charge in [0.2, 0.25) is 5.95 Å². The first-order chi connectivity index (χ1) is 9.95. The summed E-state index contributed by atoms with van der Waals surface area (Å²) in [5.74, 6) is 0.381. The quantitative estimate of drug-likeness (QED) is 0.486. The summed E-state index contributed by atoms with van der Waals surface area (Å²) in [5, 5.41) is 21.4. The molecule has 2 aromatic heterocycles. The number of H-pyrrole nitrogens is 1. The van der Waals surface area contributed by atoms with Gasteiger partial charge in [0, 0.05) is 20.2 Å². The Bertz CT molecular complexity index is 742. The van der Waals surface area contributed by atoms with E-state index in [0.29, 0.717) is 18.9 Å². The number of aromatic amines is 1. The van der Waals surface area contributed by atoms with Crippen LogP contribution in [-0.2, 0) is 13.6 Å². The summed E-state index contributed by atoms with van der Waals surface area (Å²) >= 11 is 0. The number of imidazole rings is 1. The molecule has 0 aromatic carbocycles. The molecule has 9 nitrogen and oxygen atoms in total. The number of anilines is 1. The molecule has 0 saturated carbocycles. The van der Waals surface area contributed by atoms with Gasteiger partial charge in [0.25, 0.3) is 5.56 Å². The fourth-order valence-corrected chi connectivity index (χ4v) is 2.09. The molecular weight excluding hydrogens is 278 g/mol. The molecule has 1 atom stereocenters. The van der Waals surface area contributed by atoms with E-state index in [0.717, 1.165) is 0 Å². The van der Waals surface area contributed by atoms with Crippen molar-refractivity contribution in [2.75, 3.05) is 18.5 Å². The number of hydrogen-bond donors (Lipinski definition) is 4. The molecule has 0 bridgehead atoms. The van der Waals surface area contributed by atoms with E-state index in [4.69, 9.17) is 5.11 Å². The smallest absolute Gasteiger partial charge is 0.329 e.